The van der Waals surface area contributed by atoms with Gasteiger partial charge in [-0.15, -0.1) is 0 Å². The summed E-state index contributed by atoms with van der Waals surface area (Å²) in [6, 6.07) is 14.9. The van der Waals surface area contributed by atoms with Gasteiger partial charge in [0, 0.05) is 22.4 Å². The largest absolute Gasteiger partial charge is 0.487 e. The molecule has 0 fully saturated rings. The molecule has 1 amide bonds. The van der Waals surface area contributed by atoms with Gasteiger partial charge < -0.3 is 4.74 Å². The van der Waals surface area contributed by atoms with Crippen LogP contribution in [0.5, 0.6) is 5.75 Å². The molecule has 8 heteroatoms. The third-order valence-corrected chi connectivity index (χ3v) is 5.35. The van der Waals surface area contributed by atoms with E-state index in [1.807, 2.05) is 36.4 Å². The van der Waals surface area contributed by atoms with Crippen molar-refractivity contribution in [3.63, 3.8) is 0 Å². The summed E-state index contributed by atoms with van der Waals surface area (Å²) in [4.78, 5) is 15.8. The molecule has 5 nitrogen and oxygen atoms in total. The van der Waals surface area contributed by atoms with Crippen LogP contribution in [0, 0.1) is 0 Å². The van der Waals surface area contributed by atoms with Crippen molar-refractivity contribution in [1.29, 1.82) is 0 Å². The fourth-order valence-electron chi connectivity index (χ4n) is 2.26. The predicted octanol–water partition coefficient (Wildman–Crippen LogP) is 5.71. The van der Waals surface area contributed by atoms with E-state index in [2.05, 4.69) is 63.3 Å². The number of aromatic nitrogens is 1. The van der Waals surface area contributed by atoms with Crippen molar-refractivity contribution in [3.8, 4) is 5.75 Å². The maximum absolute atomic E-state index is 12.0. The normalized spacial score (nSPS) is 10.8. The number of carbonyl (C=O) groups excluding carboxylic acids is 1. The first-order chi connectivity index (χ1) is 13.5. The van der Waals surface area contributed by atoms with Crippen LogP contribution in [-0.2, 0) is 6.61 Å². The molecule has 0 aliphatic rings. The highest BCUT2D eigenvalue weighted by atomic mass is 79.9. The minimum atomic E-state index is -0.300. The average Bonchev–Trinajstić information content (AvgIpc) is 2.69. The lowest BCUT2D eigenvalue weighted by Crippen LogP contribution is -2.17. The molecule has 3 rings (SSSR count). The summed E-state index contributed by atoms with van der Waals surface area (Å²) < 4.78 is 8.50. The standard InChI is InChI=1S/C20H14Br3N3O2/c21-16-3-1-13(2-4-16)12-28-19-17(22)9-14(10-18(19)23)11-25-26-20(27)15-5-7-24-8-6-15/h1-11H,12H2,(H,26,27)/b25-11+. The Labute approximate surface area is 187 Å². The Morgan fingerprint density at radius 2 is 1.68 bits per heavy atom. The Morgan fingerprint density at radius 3 is 2.32 bits per heavy atom. The minimum Gasteiger partial charge on any atom is -0.487 e. The van der Waals surface area contributed by atoms with E-state index in [0.717, 1.165) is 24.5 Å². The summed E-state index contributed by atoms with van der Waals surface area (Å²) in [7, 11) is 0. The number of nitrogens with one attached hydrogen (secondary N) is 1. The zero-order valence-electron chi connectivity index (χ0n) is 14.4. The maximum atomic E-state index is 12.0. The van der Waals surface area contributed by atoms with E-state index in [1.54, 1.807) is 30.7 Å². The molecule has 1 heterocycles. The van der Waals surface area contributed by atoms with Crippen molar-refractivity contribution in [2.45, 2.75) is 6.61 Å². The Balaban J connectivity index is 1.64. The molecule has 0 atom stereocenters. The summed E-state index contributed by atoms with van der Waals surface area (Å²) in [6.45, 7) is 0.444. The average molecular weight is 568 g/mol. The van der Waals surface area contributed by atoms with Gasteiger partial charge in [0.1, 0.15) is 12.4 Å². The molecule has 0 saturated carbocycles. The topological polar surface area (TPSA) is 63.6 Å². The Kier molecular flexibility index (Phi) is 7.36. The van der Waals surface area contributed by atoms with Crippen molar-refractivity contribution >= 4 is 59.9 Å². The van der Waals surface area contributed by atoms with E-state index in [4.69, 9.17) is 4.74 Å². The minimum absolute atomic E-state index is 0.300. The molecule has 0 unspecified atom stereocenters. The second kappa shape index (κ2) is 9.95. The van der Waals surface area contributed by atoms with Crippen molar-refractivity contribution in [3.05, 3.63) is 91.0 Å². The monoisotopic (exact) mass is 565 g/mol. The first-order valence-electron chi connectivity index (χ1n) is 8.12. The Morgan fingerprint density at radius 1 is 1.04 bits per heavy atom. The molecule has 1 aromatic heterocycles. The van der Waals surface area contributed by atoms with Gasteiger partial charge in [0.2, 0.25) is 0 Å². The van der Waals surface area contributed by atoms with Gasteiger partial charge >= 0.3 is 0 Å². The third-order valence-electron chi connectivity index (χ3n) is 3.64. The molecule has 0 aliphatic carbocycles. The van der Waals surface area contributed by atoms with Gasteiger partial charge in [-0.3, -0.25) is 9.78 Å². The number of amides is 1. The van der Waals surface area contributed by atoms with Crippen LogP contribution in [0.15, 0.2) is 79.4 Å². The quantitative estimate of drug-likeness (QED) is 0.306. The van der Waals surface area contributed by atoms with E-state index < -0.39 is 0 Å². The number of hydrazone groups is 1. The molecule has 2 aromatic carbocycles. The highest BCUT2D eigenvalue weighted by molar-refractivity contribution is 9.11. The summed E-state index contributed by atoms with van der Waals surface area (Å²) in [6.07, 6.45) is 4.67. The van der Waals surface area contributed by atoms with Crippen LogP contribution < -0.4 is 10.2 Å². The molecule has 0 spiro atoms. The number of nitrogens with zero attached hydrogens (tertiary/aromatic N) is 2. The lowest BCUT2D eigenvalue weighted by molar-refractivity contribution is 0.0955. The van der Waals surface area contributed by atoms with Gasteiger partial charge in [-0.25, -0.2) is 5.43 Å². The van der Waals surface area contributed by atoms with Crippen LogP contribution in [0.4, 0.5) is 0 Å². The van der Waals surface area contributed by atoms with Gasteiger partial charge in [-0.1, -0.05) is 28.1 Å². The van der Waals surface area contributed by atoms with E-state index in [9.17, 15) is 4.79 Å². The lowest BCUT2D eigenvalue weighted by Gasteiger charge is -2.11. The molecule has 3 aromatic rings. The Bertz CT molecular complexity index is 970. The van der Waals surface area contributed by atoms with E-state index in [0.29, 0.717) is 17.9 Å². The van der Waals surface area contributed by atoms with Crippen molar-refractivity contribution in [1.82, 2.24) is 10.4 Å². The third kappa shape index (κ3) is 5.73. The number of hydrogen-bond donors (Lipinski definition) is 1. The van der Waals surface area contributed by atoms with Crippen molar-refractivity contribution in [2.24, 2.45) is 5.10 Å². The van der Waals surface area contributed by atoms with Gasteiger partial charge in [-0.2, -0.15) is 5.10 Å². The summed E-state index contributed by atoms with van der Waals surface area (Å²) >= 11 is 10.5. The van der Waals surface area contributed by atoms with E-state index >= 15 is 0 Å². The number of ether oxygens (including phenoxy) is 1. The number of hydrogen-bond acceptors (Lipinski definition) is 4. The summed E-state index contributed by atoms with van der Waals surface area (Å²) in [5.74, 6) is 0.395. The zero-order chi connectivity index (χ0) is 19.9. The molecule has 0 saturated heterocycles. The highest BCUT2D eigenvalue weighted by Crippen LogP contribution is 2.35. The zero-order valence-corrected chi connectivity index (χ0v) is 19.2. The molecule has 142 valence electrons. The molecular weight excluding hydrogens is 554 g/mol. The van der Waals surface area contributed by atoms with Crippen LogP contribution in [0.2, 0.25) is 0 Å². The fraction of sp³-hybridized carbons (Fsp3) is 0.0500. The van der Waals surface area contributed by atoms with Crippen LogP contribution in [0.25, 0.3) is 0 Å². The van der Waals surface area contributed by atoms with Gasteiger partial charge in [-0.05, 0) is 79.4 Å². The number of rotatable bonds is 6. The SMILES string of the molecule is O=C(N/N=C/c1cc(Br)c(OCc2ccc(Br)cc2)c(Br)c1)c1ccncc1. The van der Waals surface area contributed by atoms with Gasteiger partial charge in [0.05, 0.1) is 15.2 Å². The highest BCUT2D eigenvalue weighted by Gasteiger charge is 2.09. The molecule has 28 heavy (non-hydrogen) atoms. The van der Waals surface area contributed by atoms with Crippen LogP contribution in [0.3, 0.4) is 0 Å². The van der Waals surface area contributed by atoms with Gasteiger partial charge in [0.25, 0.3) is 5.91 Å². The van der Waals surface area contributed by atoms with E-state index in [-0.39, 0.29) is 5.91 Å². The smallest absolute Gasteiger partial charge is 0.271 e. The van der Waals surface area contributed by atoms with Crippen LogP contribution in [-0.4, -0.2) is 17.1 Å². The summed E-state index contributed by atoms with van der Waals surface area (Å²) in [5.41, 5.74) is 4.84. The maximum Gasteiger partial charge on any atom is 0.271 e. The lowest BCUT2D eigenvalue weighted by atomic mass is 10.2. The number of halogens is 3. The van der Waals surface area contributed by atoms with Crippen molar-refractivity contribution in [2.75, 3.05) is 0 Å². The van der Waals surface area contributed by atoms with E-state index in [1.165, 1.54) is 0 Å². The van der Waals surface area contributed by atoms with Gasteiger partial charge in [0.15, 0.2) is 0 Å². The predicted molar refractivity (Wildman–Crippen MR) is 120 cm³/mol. The summed E-state index contributed by atoms with van der Waals surface area (Å²) in [5, 5.41) is 4.00. The second-order valence-corrected chi connectivity index (χ2v) is 8.29. The van der Waals surface area contributed by atoms with Crippen LogP contribution in [0.1, 0.15) is 21.5 Å². The first-order valence-corrected chi connectivity index (χ1v) is 10.5. The van der Waals surface area contributed by atoms with Crippen molar-refractivity contribution < 1.29 is 9.53 Å². The molecule has 0 bridgehead atoms. The number of benzene rings is 2. The van der Waals surface area contributed by atoms with Crippen LogP contribution >= 0.6 is 47.8 Å². The molecule has 0 aliphatic heterocycles. The number of carbonyl (C=O) groups is 1. The molecular formula is C20H14Br3N3O2. The molecule has 1 N–H and O–H groups in total. The fourth-order valence-corrected chi connectivity index (χ4v) is 3.98. The first kappa shape index (κ1) is 20.7. The second-order valence-electron chi connectivity index (χ2n) is 5.66. The Hall–Kier alpha value is -2.03. The molecule has 0 radical (unpaired) electrons. The number of pyridine rings is 1.